The maximum Gasteiger partial charge on any atom is 0.266 e. The molecule has 1 aromatic carbocycles. The Morgan fingerprint density at radius 3 is 2.96 bits per heavy atom. The molecule has 1 atom stereocenters. The van der Waals surface area contributed by atoms with Crippen molar-refractivity contribution < 1.29 is 9.53 Å². The van der Waals surface area contributed by atoms with E-state index in [-0.39, 0.29) is 11.3 Å². The molecule has 0 saturated carbocycles. The number of carbonyl (C=O) groups is 1. The molecule has 3 rings (SSSR count). The van der Waals surface area contributed by atoms with Gasteiger partial charge in [-0.05, 0) is 37.6 Å². The number of nitrogens with two attached hydrogens (primary N) is 1. The van der Waals surface area contributed by atoms with E-state index in [9.17, 15) is 9.59 Å². The number of ether oxygens (including phenoxy) is 1. The highest BCUT2D eigenvalue weighted by atomic mass is 32.1. The number of aromatic amines is 1. The number of rotatable bonds is 5. The Balaban J connectivity index is 1.92. The molecule has 0 saturated heterocycles. The first-order valence-corrected chi connectivity index (χ1v) is 9.62. The summed E-state index contributed by atoms with van der Waals surface area (Å²) in [4.78, 5) is 35.3. The topological polar surface area (TPSA) is 110 Å². The molecule has 1 unspecified atom stereocenters. The average Bonchev–Trinajstić information content (AvgIpc) is 3.18. The predicted molar refractivity (Wildman–Crippen MR) is 113 cm³/mol. The Labute approximate surface area is 166 Å². The third-order valence-corrected chi connectivity index (χ3v) is 5.39. The number of aromatic nitrogens is 1. The molecule has 0 bridgehead atoms. The van der Waals surface area contributed by atoms with Crippen LogP contribution < -0.4 is 25.2 Å². The normalized spacial score (nSPS) is 18.2. The van der Waals surface area contributed by atoms with Crippen molar-refractivity contribution in [1.29, 1.82) is 0 Å². The van der Waals surface area contributed by atoms with Crippen molar-refractivity contribution in [3.8, 4) is 5.75 Å². The highest BCUT2D eigenvalue weighted by molar-refractivity contribution is 7.07. The minimum absolute atomic E-state index is 0.233. The first kappa shape index (κ1) is 19.8. The Bertz CT molecular complexity index is 1130. The van der Waals surface area contributed by atoms with Crippen molar-refractivity contribution in [1.82, 2.24) is 4.98 Å². The summed E-state index contributed by atoms with van der Waals surface area (Å²) in [7, 11) is 0. The fraction of sp³-hybridized carbons (Fsp3) is 0.300. The molecule has 1 aliphatic rings. The van der Waals surface area contributed by atoms with Gasteiger partial charge in [-0.3, -0.25) is 14.6 Å². The summed E-state index contributed by atoms with van der Waals surface area (Å²) >= 11 is 1.23. The van der Waals surface area contributed by atoms with Crippen LogP contribution >= 0.6 is 11.3 Å². The summed E-state index contributed by atoms with van der Waals surface area (Å²) < 4.78 is 6.61. The lowest BCUT2D eigenvalue weighted by Crippen LogP contribution is -2.29. The Morgan fingerprint density at radius 2 is 2.21 bits per heavy atom. The molecule has 0 spiro atoms. The number of Topliss-reactive ketones (excluding diaryl/α,β-unsaturated/α-hetero) is 1. The van der Waals surface area contributed by atoms with E-state index in [0.717, 1.165) is 23.2 Å². The van der Waals surface area contributed by atoms with Gasteiger partial charge in [-0.1, -0.05) is 13.0 Å². The molecule has 146 valence electrons. The molecular weight excluding hydrogens is 376 g/mol. The second-order valence-corrected chi connectivity index (χ2v) is 8.13. The van der Waals surface area contributed by atoms with E-state index in [1.54, 1.807) is 13.8 Å². The number of benzene rings is 1. The van der Waals surface area contributed by atoms with Crippen LogP contribution in [0.3, 0.4) is 0 Å². The zero-order valence-electron chi connectivity index (χ0n) is 15.9. The Kier molecular flexibility index (Phi) is 5.60. The highest BCUT2D eigenvalue weighted by Crippen LogP contribution is 2.34. The number of nitrogens with zero attached hydrogens (tertiary/aromatic N) is 2. The van der Waals surface area contributed by atoms with Crippen LogP contribution in [0.5, 0.6) is 5.75 Å². The molecule has 0 aliphatic carbocycles. The van der Waals surface area contributed by atoms with E-state index in [0.29, 0.717) is 21.7 Å². The van der Waals surface area contributed by atoms with Gasteiger partial charge < -0.3 is 15.5 Å². The number of thiazole rings is 1. The molecule has 3 N–H and O–H groups in total. The second-order valence-electron chi connectivity index (χ2n) is 7.05. The smallest absolute Gasteiger partial charge is 0.266 e. The van der Waals surface area contributed by atoms with Crippen molar-refractivity contribution >= 4 is 41.9 Å². The summed E-state index contributed by atoms with van der Waals surface area (Å²) in [6.07, 6.45) is 5.54. The molecule has 0 radical (unpaired) electrons. The first-order chi connectivity index (χ1) is 13.3. The number of nitrogens with one attached hydrogen (secondary N) is 1. The average molecular weight is 398 g/mol. The van der Waals surface area contributed by atoms with Gasteiger partial charge >= 0.3 is 0 Å². The Morgan fingerprint density at radius 1 is 1.43 bits per heavy atom. The lowest BCUT2D eigenvalue weighted by atomic mass is 10.0. The third-order valence-electron chi connectivity index (χ3n) is 4.43. The van der Waals surface area contributed by atoms with Crippen LogP contribution in [0.1, 0.15) is 37.8 Å². The summed E-state index contributed by atoms with van der Waals surface area (Å²) in [6, 6.07) is 5.88. The van der Waals surface area contributed by atoms with Crippen molar-refractivity contribution in [3.05, 3.63) is 48.9 Å². The Hall–Kier alpha value is -3.00. The lowest BCUT2D eigenvalue weighted by Gasteiger charge is -2.14. The standard InChI is InChI=1S/C20H22N4O3S/c1-12-9-27-15-5-4-13(6-14(12)15)7-16-19(26)24-18(28-16)8-17(25)20(2,3)23-11-22-10-21/h4-8,10-12H,9H2,1-3H3,(H,24,26)(H2,21,22,23)/b16-7-,18-8+. The van der Waals surface area contributed by atoms with E-state index in [2.05, 4.69) is 21.9 Å². The molecule has 0 fully saturated rings. The van der Waals surface area contributed by atoms with Gasteiger partial charge in [0.05, 0.1) is 22.1 Å². The molecule has 2 aromatic rings. The summed E-state index contributed by atoms with van der Waals surface area (Å²) in [5.74, 6) is 0.979. The molecular formula is C20H22N4O3S. The van der Waals surface area contributed by atoms with Crippen molar-refractivity contribution in [2.75, 3.05) is 6.61 Å². The van der Waals surface area contributed by atoms with Gasteiger partial charge in [0.15, 0.2) is 5.78 Å². The van der Waals surface area contributed by atoms with E-state index in [1.807, 2.05) is 24.3 Å². The molecule has 8 heteroatoms. The summed E-state index contributed by atoms with van der Waals surface area (Å²) in [5, 5.41) is 0. The fourth-order valence-electron chi connectivity index (χ4n) is 2.73. The zero-order valence-corrected chi connectivity index (χ0v) is 16.7. The van der Waals surface area contributed by atoms with Gasteiger partial charge in [0.25, 0.3) is 5.56 Å². The van der Waals surface area contributed by atoms with E-state index < -0.39 is 5.54 Å². The monoisotopic (exact) mass is 398 g/mol. The van der Waals surface area contributed by atoms with Gasteiger partial charge in [0.2, 0.25) is 0 Å². The number of fused-ring (bicyclic) bond motifs is 1. The minimum atomic E-state index is -1.01. The third kappa shape index (κ3) is 4.28. The number of carbonyl (C=O) groups excluding carboxylic acids is 1. The summed E-state index contributed by atoms with van der Waals surface area (Å²) in [5.41, 5.74) is 5.98. The number of hydrogen-bond donors (Lipinski definition) is 2. The number of H-pyrrole nitrogens is 1. The van der Waals surface area contributed by atoms with Gasteiger partial charge in [-0.15, -0.1) is 11.3 Å². The molecule has 7 nitrogen and oxygen atoms in total. The van der Waals surface area contributed by atoms with Gasteiger partial charge in [0, 0.05) is 17.6 Å². The number of aliphatic imine (C=N–C) groups is 2. The zero-order chi connectivity index (χ0) is 20.3. The molecule has 1 aromatic heterocycles. The number of ketones is 1. The predicted octanol–water partition coefficient (Wildman–Crippen LogP) is 0.905. The van der Waals surface area contributed by atoms with Crippen LogP contribution in [-0.2, 0) is 4.79 Å². The van der Waals surface area contributed by atoms with E-state index in [1.165, 1.54) is 23.8 Å². The lowest BCUT2D eigenvalue weighted by molar-refractivity contribution is -0.116. The SMILES string of the molecule is CC1COc2ccc(/C=c3\s/c(=C/C(=O)C(C)(C)N=CN=CN)[nH]c3=O)cc21. The maximum absolute atomic E-state index is 12.5. The van der Waals surface area contributed by atoms with Crippen LogP contribution in [0.25, 0.3) is 12.2 Å². The second kappa shape index (κ2) is 7.93. The van der Waals surface area contributed by atoms with E-state index in [4.69, 9.17) is 10.5 Å². The first-order valence-electron chi connectivity index (χ1n) is 8.81. The van der Waals surface area contributed by atoms with Crippen LogP contribution in [0.4, 0.5) is 0 Å². The van der Waals surface area contributed by atoms with Crippen molar-refractivity contribution in [2.45, 2.75) is 32.2 Å². The van der Waals surface area contributed by atoms with Crippen LogP contribution in [0.2, 0.25) is 0 Å². The van der Waals surface area contributed by atoms with Gasteiger partial charge in [-0.25, -0.2) is 4.99 Å². The fourth-order valence-corrected chi connectivity index (χ4v) is 3.61. The van der Waals surface area contributed by atoms with Crippen molar-refractivity contribution in [3.63, 3.8) is 0 Å². The molecule has 2 heterocycles. The maximum atomic E-state index is 12.5. The van der Waals surface area contributed by atoms with Crippen molar-refractivity contribution in [2.24, 2.45) is 15.7 Å². The van der Waals surface area contributed by atoms with Gasteiger partial charge in [0.1, 0.15) is 17.6 Å². The van der Waals surface area contributed by atoms with E-state index >= 15 is 0 Å². The molecule has 1 aliphatic heterocycles. The number of hydrogen-bond acceptors (Lipinski definition) is 5. The van der Waals surface area contributed by atoms with Crippen LogP contribution in [0.15, 0.2) is 33.0 Å². The van der Waals surface area contributed by atoms with Crippen LogP contribution in [-0.4, -0.2) is 35.6 Å². The minimum Gasteiger partial charge on any atom is -0.493 e. The van der Waals surface area contributed by atoms with Crippen LogP contribution in [0, 0.1) is 0 Å². The molecule has 0 amide bonds. The van der Waals surface area contributed by atoms with Gasteiger partial charge in [-0.2, -0.15) is 0 Å². The largest absolute Gasteiger partial charge is 0.493 e. The molecule has 28 heavy (non-hydrogen) atoms. The highest BCUT2D eigenvalue weighted by Gasteiger charge is 2.24. The summed E-state index contributed by atoms with van der Waals surface area (Å²) in [6.45, 7) is 6.12. The quantitative estimate of drug-likeness (QED) is 0.576.